The lowest BCUT2D eigenvalue weighted by Crippen LogP contribution is -1.88. The standard InChI is InChI=1S/C25H20/c1-19-12-14-22(15-13-19)24-17-16-23(20-8-4-2-5-9-20)18-25(24)21-10-6-3-7-11-21/h2-18H,1H3. The van der Waals surface area contributed by atoms with E-state index in [1.165, 1.54) is 38.9 Å². The Labute approximate surface area is 149 Å². The molecule has 4 rings (SSSR count). The van der Waals surface area contributed by atoms with Crippen LogP contribution in [0.2, 0.25) is 0 Å². The van der Waals surface area contributed by atoms with Gasteiger partial charge in [-0.15, -0.1) is 0 Å². The molecule has 0 spiro atoms. The molecule has 0 unspecified atom stereocenters. The number of hydrogen-bond donors (Lipinski definition) is 0. The average molecular weight is 320 g/mol. The highest BCUT2D eigenvalue weighted by atomic mass is 14.1. The Morgan fingerprint density at radius 3 is 1.56 bits per heavy atom. The van der Waals surface area contributed by atoms with Crippen LogP contribution in [0.25, 0.3) is 33.4 Å². The van der Waals surface area contributed by atoms with Crippen LogP contribution in [0.5, 0.6) is 0 Å². The van der Waals surface area contributed by atoms with E-state index in [4.69, 9.17) is 0 Å². The van der Waals surface area contributed by atoms with Crippen LogP contribution in [0, 0.1) is 6.92 Å². The van der Waals surface area contributed by atoms with Gasteiger partial charge in [0.2, 0.25) is 0 Å². The SMILES string of the molecule is Cc1ccc(-c2ccc(-c3ccccc3)cc2-c2ccccc2)cc1. The molecule has 0 heteroatoms. The second-order valence-electron chi connectivity index (χ2n) is 6.36. The molecule has 0 aliphatic heterocycles. The molecule has 0 aromatic heterocycles. The molecular weight excluding hydrogens is 300 g/mol. The van der Waals surface area contributed by atoms with Gasteiger partial charge in [0.25, 0.3) is 0 Å². The molecule has 0 fully saturated rings. The Morgan fingerprint density at radius 1 is 0.400 bits per heavy atom. The van der Waals surface area contributed by atoms with E-state index in [0.717, 1.165) is 0 Å². The third kappa shape index (κ3) is 3.25. The molecule has 4 aromatic rings. The third-order valence-electron chi connectivity index (χ3n) is 4.57. The summed E-state index contributed by atoms with van der Waals surface area (Å²) in [5.41, 5.74) is 8.81. The zero-order valence-corrected chi connectivity index (χ0v) is 14.3. The zero-order chi connectivity index (χ0) is 17.1. The van der Waals surface area contributed by atoms with E-state index in [-0.39, 0.29) is 0 Å². The lowest BCUT2D eigenvalue weighted by Gasteiger charge is -2.13. The summed E-state index contributed by atoms with van der Waals surface area (Å²) in [6.07, 6.45) is 0. The highest BCUT2D eigenvalue weighted by molar-refractivity contribution is 5.87. The number of aryl methyl sites for hydroxylation is 1. The number of benzene rings is 4. The summed E-state index contributed by atoms with van der Waals surface area (Å²) in [6.45, 7) is 2.13. The Balaban J connectivity index is 1.91. The molecule has 0 heterocycles. The minimum absolute atomic E-state index is 1.25. The molecule has 25 heavy (non-hydrogen) atoms. The van der Waals surface area contributed by atoms with Gasteiger partial charge in [-0.2, -0.15) is 0 Å². The monoisotopic (exact) mass is 320 g/mol. The fourth-order valence-corrected chi connectivity index (χ4v) is 3.20. The van der Waals surface area contributed by atoms with Gasteiger partial charge in [-0.25, -0.2) is 0 Å². The Hall–Kier alpha value is -3.12. The molecule has 120 valence electrons. The van der Waals surface area contributed by atoms with E-state index >= 15 is 0 Å². The predicted molar refractivity (Wildman–Crippen MR) is 107 cm³/mol. The Bertz CT molecular complexity index is 965. The van der Waals surface area contributed by atoms with Crippen LogP contribution in [0.1, 0.15) is 5.56 Å². The van der Waals surface area contributed by atoms with Crippen molar-refractivity contribution in [2.24, 2.45) is 0 Å². The van der Waals surface area contributed by atoms with Crippen molar-refractivity contribution in [1.82, 2.24) is 0 Å². The molecule has 0 aliphatic rings. The molecule has 0 nitrogen and oxygen atoms in total. The van der Waals surface area contributed by atoms with Crippen molar-refractivity contribution in [2.75, 3.05) is 0 Å². The predicted octanol–water partition coefficient (Wildman–Crippen LogP) is 7.00. The van der Waals surface area contributed by atoms with Crippen molar-refractivity contribution in [2.45, 2.75) is 6.92 Å². The molecule has 0 bridgehead atoms. The van der Waals surface area contributed by atoms with Crippen molar-refractivity contribution in [1.29, 1.82) is 0 Å². The smallest absolute Gasteiger partial charge is 0.00992 e. The maximum atomic E-state index is 2.31. The topological polar surface area (TPSA) is 0 Å². The number of rotatable bonds is 3. The second kappa shape index (κ2) is 6.78. The second-order valence-corrected chi connectivity index (χ2v) is 6.36. The van der Waals surface area contributed by atoms with E-state index < -0.39 is 0 Å². The van der Waals surface area contributed by atoms with E-state index in [0.29, 0.717) is 0 Å². The first kappa shape index (κ1) is 15.4. The van der Waals surface area contributed by atoms with E-state index in [2.05, 4.69) is 110 Å². The summed E-state index contributed by atoms with van der Waals surface area (Å²) in [7, 11) is 0. The van der Waals surface area contributed by atoms with Crippen molar-refractivity contribution < 1.29 is 0 Å². The van der Waals surface area contributed by atoms with Crippen molar-refractivity contribution in [3.8, 4) is 33.4 Å². The van der Waals surface area contributed by atoms with Gasteiger partial charge in [0.05, 0.1) is 0 Å². The lowest BCUT2D eigenvalue weighted by atomic mass is 9.91. The van der Waals surface area contributed by atoms with Crippen LogP contribution in [0.3, 0.4) is 0 Å². The van der Waals surface area contributed by atoms with Gasteiger partial charge in [0.15, 0.2) is 0 Å². The molecule has 0 saturated heterocycles. The Morgan fingerprint density at radius 2 is 0.920 bits per heavy atom. The highest BCUT2D eigenvalue weighted by Crippen LogP contribution is 2.35. The van der Waals surface area contributed by atoms with Crippen LogP contribution in [-0.2, 0) is 0 Å². The maximum Gasteiger partial charge on any atom is -0.00992 e. The van der Waals surface area contributed by atoms with E-state index in [1.54, 1.807) is 0 Å². The summed E-state index contributed by atoms with van der Waals surface area (Å²) in [6, 6.07) is 36.7. The van der Waals surface area contributed by atoms with Gasteiger partial charge in [0, 0.05) is 0 Å². The molecule has 0 N–H and O–H groups in total. The molecule has 0 aliphatic carbocycles. The van der Waals surface area contributed by atoms with E-state index in [1.807, 2.05) is 0 Å². The maximum absolute atomic E-state index is 2.31. The summed E-state index contributed by atoms with van der Waals surface area (Å²) in [5.74, 6) is 0. The van der Waals surface area contributed by atoms with Gasteiger partial charge in [-0.05, 0) is 46.4 Å². The van der Waals surface area contributed by atoms with Gasteiger partial charge in [-0.3, -0.25) is 0 Å². The van der Waals surface area contributed by atoms with Crippen LogP contribution < -0.4 is 0 Å². The minimum Gasteiger partial charge on any atom is -0.0622 e. The lowest BCUT2D eigenvalue weighted by molar-refractivity contribution is 1.47. The Kier molecular flexibility index (Phi) is 4.18. The van der Waals surface area contributed by atoms with Gasteiger partial charge < -0.3 is 0 Å². The number of hydrogen-bond acceptors (Lipinski definition) is 0. The van der Waals surface area contributed by atoms with E-state index in [9.17, 15) is 0 Å². The average Bonchev–Trinajstić information content (AvgIpc) is 2.70. The van der Waals surface area contributed by atoms with Crippen molar-refractivity contribution in [3.05, 3.63) is 109 Å². The fourth-order valence-electron chi connectivity index (χ4n) is 3.20. The first-order chi connectivity index (χ1) is 12.3. The van der Waals surface area contributed by atoms with Crippen LogP contribution in [0.15, 0.2) is 103 Å². The highest BCUT2D eigenvalue weighted by Gasteiger charge is 2.09. The van der Waals surface area contributed by atoms with Crippen LogP contribution in [-0.4, -0.2) is 0 Å². The summed E-state index contributed by atoms with van der Waals surface area (Å²) >= 11 is 0. The molecule has 0 saturated carbocycles. The fraction of sp³-hybridized carbons (Fsp3) is 0.0400. The zero-order valence-electron chi connectivity index (χ0n) is 14.3. The molecule has 0 atom stereocenters. The quantitative estimate of drug-likeness (QED) is 0.381. The molecular formula is C25H20. The minimum atomic E-state index is 1.25. The molecule has 4 aromatic carbocycles. The first-order valence-electron chi connectivity index (χ1n) is 8.63. The normalized spacial score (nSPS) is 10.6. The molecule has 0 radical (unpaired) electrons. The van der Waals surface area contributed by atoms with Gasteiger partial charge in [-0.1, -0.05) is 103 Å². The summed E-state index contributed by atoms with van der Waals surface area (Å²) in [5, 5.41) is 0. The summed E-state index contributed by atoms with van der Waals surface area (Å²) in [4.78, 5) is 0. The van der Waals surface area contributed by atoms with Crippen molar-refractivity contribution in [3.63, 3.8) is 0 Å². The van der Waals surface area contributed by atoms with Crippen molar-refractivity contribution >= 4 is 0 Å². The van der Waals surface area contributed by atoms with Crippen LogP contribution in [0.4, 0.5) is 0 Å². The summed E-state index contributed by atoms with van der Waals surface area (Å²) < 4.78 is 0. The molecule has 0 amide bonds. The first-order valence-corrected chi connectivity index (χ1v) is 8.63. The largest absolute Gasteiger partial charge is 0.0622 e. The van der Waals surface area contributed by atoms with Gasteiger partial charge >= 0.3 is 0 Å². The third-order valence-corrected chi connectivity index (χ3v) is 4.57. The van der Waals surface area contributed by atoms with Gasteiger partial charge in [0.1, 0.15) is 0 Å². The van der Waals surface area contributed by atoms with Crippen LogP contribution >= 0.6 is 0 Å².